The van der Waals surface area contributed by atoms with Crippen molar-refractivity contribution in [3.63, 3.8) is 0 Å². The molecule has 0 spiro atoms. The predicted octanol–water partition coefficient (Wildman–Crippen LogP) is -1.71. The zero-order valence-electron chi connectivity index (χ0n) is 13.2. The van der Waals surface area contributed by atoms with Gasteiger partial charge in [-0.05, 0) is 12.8 Å². The van der Waals surface area contributed by atoms with Gasteiger partial charge in [-0.15, -0.1) is 0 Å². The number of carbonyl (C=O) groups is 3. The maximum atomic E-state index is 12.4. The molecule has 0 bridgehead atoms. The largest absolute Gasteiger partial charge is 0.354 e. The average Bonchev–Trinajstić information content (AvgIpc) is 2.64. The first-order chi connectivity index (χ1) is 11.6. The monoisotopic (exact) mass is 332 g/mol. The van der Waals surface area contributed by atoms with Crippen molar-refractivity contribution in [3.8, 4) is 0 Å². The number of rotatable bonds is 3. The molecule has 9 heteroatoms. The molecule has 128 valence electrons. The van der Waals surface area contributed by atoms with Gasteiger partial charge in [-0.25, -0.2) is 9.97 Å². The highest BCUT2D eigenvalue weighted by Gasteiger charge is 2.31. The quantitative estimate of drug-likeness (QED) is 0.607. The van der Waals surface area contributed by atoms with E-state index < -0.39 is 12.1 Å². The fraction of sp³-hybridized carbons (Fsp3) is 0.533. The number of amides is 3. The van der Waals surface area contributed by atoms with E-state index in [2.05, 4.69) is 25.9 Å². The van der Waals surface area contributed by atoms with E-state index in [0.717, 1.165) is 6.42 Å². The Labute approximate surface area is 139 Å². The summed E-state index contributed by atoms with van der Waals surface area (Å²) in [5.41, 5.74) is 0.394. The summed E-state index contributed by atoms with van der Waals surface area (Å²) in [4.78, 5) is 45.9. The van der Waals surface area contributed by atoms with Crippen molar-refractivity contribution >= 4 is 17.7 Å². The number of piperazine rings is 1. The van der Waals surface area contributed by atoms with E-state index in [1.165, 1.54) is 18.7 Å². The van der Waals surface area contributed by atoms with Gasteiger partial charge in [0.2, 0.25) is 11.8 Å². The van der Waals surface area contributed by atoms with Gasteiger partial charge in [0.1, 0.15) is 18.4 Å². The van der Waals surface area contributed by atoms with Crippen LogP contribution in [0.1, 0.15) is 23.2 Å². The van der Waals surface area contributed by atoms with E-state index in [-0.39, 0.29) is 24.3 Å². The molecule has 3 heterocycles. The number of carbonyl (C=O) groups excluding carboxylic acids is 3. The van der Waals surface area contributed by atoms with Crippen LogP contribution < -0.4 is 16.0 Å². The minimum Gasteiger partial charge on any atom is -0.354 e. The van der Waals surface area contributed by atoms with Gasteiger partial charge in [0.15, 0.2) is 0 Å². The highest BCUT2D eigenvalue weighted by Crippen LogP contribution is 2.08. The third-order valence-electron chi connectivity index (χ3n) is 4.19. The first-order valence-corrected chi connectivity index (χ1v) is 8.01. The van der Waals surface area contributed by atoms with E-state index in [1.807, 2.05) is 0 Å². The highest BCUT2D eigenvalue weighted by molar-refractivity contribution is 5.95. The van der Waals surface area contributed by atoms with Crippen molar-refractivity contribution in [1.82, 2.24) is 30.8 Å². The number of hydrogen-bond acceptors (Lipinski definition) is 6. The zero-order valence-corrected chi connectivity index (χ0v) is 13.2. The number of nitrogens with zero attached hydrogens (tertiary/aromatic N) is 3. The minimum atomic E-state index is -0.540. The molecule has 3 amide bonds. The summed E-state index contributed by atoms with van der Waals surface area (Å²) in [6.07, 6.45) is 5.75. The van der Waals surface area contributed by atoms with E-state index in [9.17, 15) is 14.4 Å². The maximum absolute atomic E-state index is 12.4. The fourth-order valence-corrected chi connectivity index (χ4v) is 2.88. The molecular formula is C15H20N6O3. The number of piperidine rings is 1. The molecule has 24 heavy (non-hydrogen) atoms. The van der Waals surface area contributed by atoms with Crippen LogP contribution >= 0.6 is 0 Å². The minimum absolute atomic E-state index is 0.153. The summed E-state index contributed by atoms with van der Waals surface area (Å²) in [6.45, 7) is 1.90. The predicted molar refractivity (Wildman–Crippen MR) is 83.9 cm³/mol. The zero-order chi connectivity index (χ0) is 16.9. The first-order valence-electron chi connectivity index (χ1n) is 8.01. The summed E-state index contributed by atoms with van der Waals surface area (Å²) >= 11 is 0. The second-order valence-electron chi connectivity index (χ2n) is 5.88. The molecule has 1 aromatic heterocycles. The Morgan fingerprint density at radius 2 is 2.04 bits per heavy atom. The molecule has 2 atom stereocenters. The SMILES string of the molecule is O=C(N[C@@H]1CCCNC1=O)[C@@H]1CN(C(=O)c2cncnc2)CCN1. The maximum Gasteiger partial charge on any atom is 0.257 e. The van der Waals surface area contributed by atoms with Crippen molar-refractivity contribution in [2.45, 2.75) is 24.9 Å². The van der Waals surface area contributed by atoms with Crippen LogP contribution in [0.5, 0.6) is 0 Å². The van der Waals surface area contributed by atoms with Crippen molar-refractivity contribution in [2.75, 3.05) is 26.2 Å². The van der Waals surface area contributed by atoms with E-state index >= 15 is 0 Å². The Bertz CT molecular complexity index is 623. The lowest BCUT2D eigenvalue weighted by Crippen LogP contribution is -2.61. The lowest BCUT2D eigenvalue weighted by Gasteiger charge is -2.34. The summed E-state index contributed by atoms with van der Waals surface area (Å²) in [7, 11) is 0. The third-order valence-corrected chi connectivity index (χ3v) is 4.19. The molecule has 0 aromatic carbocycles. The van der Waals surface area contributed by atoms with Gasteiger partial charge in [0.05, 0.1) is 5.56 Å². The standard InChI is InChI=1S/C15H20N6O3/c22-13-11(2-1-3-19-13)20-14(23)12-8-21(5-4-18-12)15(24)10-6-16-9-17-7-10/h6-7,9,11-12,18H,1-5,8H2,(H,19,22)(H,20,23)/t11-,12+/m1/s1. The summed E-state index contributed by atoms with van der Waals surface area (Å²) in [5.74, 6) is -0.621. The summed E-state index contributed by atoms with van der Waals surface area (Å²) in [5, 5.41) is 8.59. The van der Waals surface area contributed by atoms with E-state index in [1.54, 1.807) is 4.90 Å². The average molecular weight is 332 g/mol. The van der Waals surface area contributed by atoms with Crippen molar-refractivity contribution < 1.29 is 14.4 Å². The summed E-state index contributed by atoms with van der Waals surface area (Å²) < 4.78 is 0. The molecule has 0 saturated carbocycles. The number of hydrogen-bond donors (Lipinski definition) is 3. The topological polar surface area (TPSA) is 116 Å². The Morgan fingerprint density at radius 1 is 1.25 bits per heavy atom. The van der Waals surface area contributed by atoms with Crippen LogP contribution in [0.15, 0.2) is 18.7 Å². The molecule has 2 fully saturated rings. The summed E-state index contributed by atoms with van der Waals surface area (Å²) in [6, 6.07) is -1.04. The van der Waals surface area contributed by atoms with Crippen molar-refractivity contribution in [1.29, 1.82) is 0 Å². The van der Waals surface area contributed by atoms with Crippen LogP contribution in [0, 0.1) is 0 Å². The molecule has 1 aromatic rings. The molecule has 3 rings (SSSR count). The van der Waals surface area contributed by atoms with E-state index in [0.29, 0.717) is 31.6 Å². The fourth-order valence-electron chi connectivity index (χ4n) is 2.88. The van der Waals surface area contributed by atoms with Crippen molar-refractivity contribution in [2.24, 2.45) is 0 Å². The van der Waals surface area contributed by atoms with E-state index in [4.69, 9.17) is 0 Å². The second-order valence-corrected chi connectivity index (χ2v) is 5.88. The van der Waals surface area contributed by atoms with Crippen LogP contribution in [-0.2, 0) is 9.59 Å². The van der Waals surface area contributed by atoms with Crippen LogP contribution in [0.25, 0.3) is 0 Å². The molecule has 2 aliphatic heterocycles. The van der Waals surface area contributed by atoms with Crippen LogP contribution in [0.4, 0.5) is 0 Å². The smallest absolute Gasteiger partial charge is 0.257 e. The molecular weight excluding hydrogens is 312 g/mol. The Morgan fingerprint density at radius 3 is 2.79 bits per heavy atom. The van der Waals surface area contributed by atoms with Gasteiger partial charge in [0, 0.05) is 38.6 Å². The molecule has 2 aliphatic rings. The van der Waals surface area contributed by atoms with Gasteiger partial charge in [-0.2, -0.15) is 0 Å². The number of aromatic nitrogens is 2. The lowest BCUT2D eigenvalue weighted by atomic mass is 10.1. The van der Waals surface area contributed by atoms with Gasteiger partial charge in [-0.1, -0.05) is 0 Å². The van der Waals surface area contributed by atoms with Crippen LogP contribution in [-0.4, -0.2) is 70.9 Å². The second kappa shape index (κ2) is 7.35. The normalized spacial score (nSPS) is 24.2. The molecule has 3 N–H and O–H groups in total. The molecule has 9 nitrogen and oxygen atoms in total. The molecule has 0 radical (unpaired) electrons. The molecule has 0 unspecified atom stereocenters. The van der Waals surface area contributed by atoms with Crippen molar-refractivity contribution in [3.05, 3.63) is 24.3 Å². The number of nitrogens with one attached hydrogen (secondary N) is 3. The van der Waals surface area contributed by atoms with Gasteiger partial charge < -0.3 is 20.9 Å². The molecule has 2 saturated heterocycles. The van der Waals surface area contributed by atoms with Gasteiger partial charge >= 0.3 is 0 Å². The Kier molecular flexibility index (Phi) is 4.99. The Balaban J connectivity index is 1.59. The third kappa shape index (κ3) is 3.67. The molecule has 0 aliphatic carbocycles. The van der Waals surface area contributed by atoms with Crippen LogP contribution in [0.2, 0.25) is 0 Å². The Hall–Kier alpha value is -2.55. The van der Waals surface area contributed by atoms with Gasteiger partial charge in [0.25, 0.3) is 5.91 Å². The lowest BCUT2D eigenvalue weighted by molar-refractivity contribution is -0.131. The van der Waals surface area contributed by atoms with Crippen LogP contribution in [0.3, 0.4) is 0 Å². The van der Waals surface area contributed by atoms with Gasteiger partial charge in [-0.3, -0.25) is 14.4 Å². The first kappa shape index (κ1) is 16.3. The highest BCUT2D eigenvalue weighted by atomic mass is 16.2.